The van der Waals surface area contributed by atoms with Gasteiger partial charge in [-0.25, -0.2) is 9.29 Å². The summed E-state index contributed by atoms with van der Waals surface area (Å²) >= 11 is 0. The van der Waals surface area contributed by atoms with Crippen molar-refractivity contribution in [1.29, 1.82) is 0 Å². The van der Waals surface area contributed by atoms with E-state index < -0.39 is 50.0 Å². The second-order valence-electron chi connectivity index (χ2n) is 4.37. The summed E-state index contributed by atoms with van der Waals surface area (Å²) in [5, 5.41) is 0. The fourth-order valence-electron chi connectivity index (χ4n) is 1.83. The Balaban J connectivity index is 2.72. The molecule has 1 saturated heterocycles. The lowest BCUT2D eigenvalue weighted by molar-refractivity contribution is -0.257. The Kier molecular flexibility index (Phi) is 4.21. The van der Waals surface area contributed by atoms with Crippen LogP contribution in [0.5, 0.6) is 0 Å². The van der Waals surface area contributed by atoms with Gasteiger partial charge in [-0.3, -0.25) is 4.90 Å². The van der Waals surface area contributed by atoms with E-state index in [0.717, 1.165) is 0 Å². The van der Waals surface area contributed by atoms with Crippen LogP contribution in [-0.2, 0) is 0 Å². The van der Waals surface area contributed by atoms with Crippen molar-refractivity contribution in [2.24, 2.45) is 0 Å². The number of nitrogens with zero attached hydrogens (tertiary/aromatic N) is 2. The summed E-state index contributed by atoms with van der Waals surface area (Å²) in [4.78, 5) is 0.848. The molecule has 0 aromatic carbocycles. The fraction of sp³-hybridized carbons (Fsp3) is 0.800. The Bertz CT molecular complexity index is 337. The molecule has 1 fully saturated rings. The molecule has 1 aliphatic rings. The topological polar surface area (TPSA) is 6.48 Å². The highest BCUT2D eigenvalue weighted by molar-refractivity contribution is 5.16. The number of halogens is 7. The number of rotatable bonds is 2. The molecule has 0 spiro atoms. The Hall–Kier alpha value is -0.830. The van der Waals surface area contributed by atoms with Crippen LogP contribution in [0.4, 0.5) is 30.7 Å². The molecule has 1 atom stereocenters. The number of alkyl halides is 7. The molecule has 1 rings (SSSR count). The molecule has 0 N–H and O–H groups in total. The van der Waals surface area contributed by atoms with Crippen LogP contribution in [0.3, 0.4) is 0 Å². The van der Waals surface area contributed by atoms with Gasteiger partial charge in [0, 0.05) is 26.2 Å². The Morgan fingerprint density at radius 2 is 1.21 bits per heavy atom. The SMILES string of the molecule is C=C(C(F)(F)F)C(C)(F)N1CCN(C(F)(F)F)CC1. The first-order valence-corrected chi connectivity index (χ1v) is 5.39. The summed E-state index contributed by atoms with van der Waals surface area (Å²) in [6, 6.07) is 0. The summed E-state index contributed by atoms with van der Waals surface area (Å²) in [6.45, 7) is 1.26. The summed E-state index contributed by atoms with van der Waals surface area (Å²) in [5.74, 6) is -2.91. The van der Waals surface area contributed by atoms with Crippen LogP contribution < -0.4 is 0 Å². The molecule has 0 saturated carbocycles. The van der Waals surface area contributed by atoms with E-state index >= 15 is 0 Å². The van der Waals surface area contributed by atoms with E-state index in [2.05, 4.69) is 6.58 Å². The first kappa shape index (κ1) is 16.2. The zero-order valence-electron chi connectivity index (χ0n) is 10.1. The molecule has 1 unspecified atom stereocenters. The molecular weight excluding hydrogens is 281 g/mol. The van der Waals surface area contributed by atoms with Crippen LogP contribution in [0.25, 0.3) is 0 Å². The molecule has 1 aliphatic heterocycles. The third kappa shape index (κ3) is 3.59. The quantitative estimate of drug-likeness (QED) is 0.439. The first-order valence-electron chi connectivity index (χ1n) is 5.39. The third-order valence-corrected chi connectivity index (χ3v) is 3.13. The third-order valence-electron chi connectivity index (χ3n) is 3.13. The van der Waals surface area contributed by atoms with Gasteiger partial charge in [0.05, 0.1) is 5.57 Å². The smallest absolute Gasteiger partial charge is 0.265 e. The molecule has 0 radical (unpaired) electrons. The highest BCUT2D eigenvalue weighted by Crippen LogP contribution is 2.38. The van der Waals surface area contributed by atoms with Crippen molar-refractivity contribution in [3.63, 3.8) is 0 Å². The van der Waals surface area contributed by atoms with Crippen molar-refractivity contribution >= 4 is 0 Å². The van der Waals surface area contributed by atoms with Crippen molar-refractivity contribution < 1.29 is 30.7 Å². The molecule has 112 valence electrons. The summed E-state index contributed by atoms with van der Waals surface area (Å²) in [5.41, 5.74) is -1.61. The van der Waals surface area contributed by atoms with Gasteiger partial charge in [-0.2, -0.15) is 26.3 Å². The molecule has 9 heteroatoms. The van der Waals surface area contributed by atoms with Gasteiger partial charge in [0.2, 0.25) is 0 Å². The maximum absolute atomic E-state index is 14.1. The van der Waals surface area contributed by atoms with Crippen molar-refractivity contribution in [3.8, 4) is 0 Å². The van der Waals surface area contributed by atoms with Gasteiger partial charge in [0.25, 0.3) is 0 Å². The lowest BCUT2D eigenvalue weighted by Gasteiger charge is -2.42. The molecule has 19 heavy (non-hydrogen) atoms. The molecule has 1 heterocycles. The second kappa shape index (κ2) is 4.93. The minimum absolute atomic E-state index is 0.135. The van der Waals surface area contributed by atoms with E-state index in [0.29, 0.717) is 11.8 Å². The van der Waals surface area contributed by atoms with Gasteiger partial charge in [0.15, 0.2) is 5.79 Å². The molecule has 0 bridgehead atoms. The van der Waals surface area contributed by atoms with E-state index in [-0.39, 0.29) is 4.90 Å². The Labute approximate surface area is 105 Å². The lowest BCUT2D eigenvalue weighted by Crippen LogP contribution is -2.58. The van der Waals surface area contributed by atoms with Crippen molar-refractivity contribution in [1.82, 2.24) is 9.80 Å². The largest absolute Gasteiger partial charge is 0.460 e. The molecule has 0 aliphatic carbocycles. The van der Waals surface area contributed by atoms with Crippen molar-refractivity contribution in [2.45, 2.75) is 25.2 Å². The Morgan fingerprint density at radius 1 is 0.842 bits per heavy atom. The summed E-state index contributed by atoms with van der Waals surface area (Å²) < 4.78 is 88.3. The number of hydrogen-bond acceptors (Lipinski definition) is 2. The average molecular weight is 294 g/mol. The standard InChI is InChI=1S/C10H13F7N2/c1-7(9(12,13)14)8(2,11)18-3-5-19(6-4-18)10(15,16)17/h1,3-6H2,2H3. The van der Waals surface area contributed by atoms with Crippen LogP contribution >= 0.6 is 0 Å². The highest BCUT2D eigenvalue weighted by atomic mass is 19.4. The fourth-order valence-corrected chi connectivity index (χ4v) is 1.83. The van der Waals surface area contributed by atoms with Crippen molar-refractivity contribution in [3.05, 3.63) is 12.2 Å². The predicted octanol–water partition coefficient (Wildman–Crippen LogP) is 2.93. The average Bonchev–Trinajstić information content (AvgIpc) is 2.25. The highest BCUT2D eigenvalue weighted by Gasteiger charge is 2.50. The monoisotopic (exact) mass is 294 g/mol. The minimum Gasteiger partial charge on any atom is -0.265 e. The predicted molar refractivity (Wildman–Crippen MR) is 53.9 cm³/mol. The van der Waals surface area contributed by atoms with Crippen LogP contribution in [0.15, 0.2) is 12.2 Å². The van der Waals surface area contributed by atoms with E-state index in [4.69, 9.17) is 0 Å². The zero-order valence-corrected chi connectivity index (χ0v) is 10.1. The van der Waals surface area contributed by atoms with Crippen LogP contribution in [-0.4, -0.2) is 54.2 Å². The van der Waals surface area contributed by atoms with E-state index in [9.17, 15) is 30.7 Å². The maximum Gasteiger partial charge on any atom is 0.460 e. The zero-order chi connectivity index (χ0) is 15.1. The van der Waals surface area contributed by atoms with Crippen LogP contribution in [0.2, 0.25) is 0 Å². The molecule has 2 nitrogen and oxygen atoms in total. The second-order valence-corrected chi connectivity index (χ2v) is 4.37. The van der Waals surface area contributed by atoms with Gasteiger partial charge in [-0.1, -0.05) is 6.58 Å². The lowest BCUT2D eigenvalue weighted by atomic mass is 10.0. The minimum atomic E-state index is -4.93. The van der Waals surface area contributed by atoms with Gasteiger partial charge >= 0.3 is 12.5 Å². The maximum atomic E-state index is 14.1. The first-order chi connectivity index (χ1) is 8.37. The molecular formula is C10H13F7N2. The number of hydrogen-bond donors (Lipinski definition) is 0. The summed E-state index contributed by atoms with van der Waals surface area (Å²) in [7, 11) is 0. The van der Waals surface area contributed by atoms with Gasteiger partial charge < -0.3 is 0 Å². The molecule has 0 aromatic heterocycles. The molecule has 0 amide bonds. The van der Waals surface area contributed by atoms with E-state index in [1.165, 1.54) is 0 Å². The van der Waals surface area contributed by atoms with Gasteiger partial charge in [0.1, 0.15) is 0 Å². The van der Waals surface area contributed by atoms with Crippen LogP contribution in [0, 0.1) is 0 Å². The summed E-state index contributed by atoms with van der Waals surface area (Å²) in [6.07, 6.45) is -9.48. The van der Waals surface area contributed by atoms with E-state index in [1.807, 2.05) is 0 Å². The van der Waals surface area contributed by atoms with Gasteiger partial charge in [-0.15, -0.1) is 0 Å². The number of piperazine rings is 1. The normalized spacial score (nSPS) is 23.2. The van der Waals surface area contributed by atoms with E-state index in [1.54, 1.807) is 0 Å². The Morgan fingerprint density at radius 3 is 1.53 bits per heavy atom. The van der Waals surface area contributed by atoms with Gasteiger partial charge in [-0.05, 0) is 6.92 Å². The van der Waals surface area contributed by atoms with Crippen molar-refractivity contribution in [2.75, 3.05) is 26.2 Å². The molecule has 0 aromatic rings. The van der Waals surface area contributed by atoms with Crippen LogP contribution in [0.1, 0.15) is 6.92 Å².